The molecule has 0 radical (unpaired) electrons. The molecule has 86 valence electrons. The number of ether oxygens (including phenoxy) is 1. The minimum atomic E-state index is -0.755. The van der Waals surface area contributed by atoms with Gasteiger partial charge >= 0.3 is 12.1 Å². The van der Waals surface area contributed by atoms with E-state index in [9.17, 15) is 9.59 Å². The summed E-state index contributed by atoms with van der Waals surface area (Å²) >= 11 is 0. The highest BCUT2D eigenvalue weighted by atomic mass is 16.5. The molecule has 0 saturated carbocycles. The van der Waals surface area contributed by atoms with Crippen LogP contribution in [0.1, 0.15) is 26.2 Å². The molecule has 0 spiro atoms. The fourth-order valence-corrected chi connectivity index (χ4v) is 1.97. The maximum atomic E-state index is 11.2. The number of aliphatic carboxylic acids is 1. The number of carbonyl (C=O) groups is 2. The van der Waals surface area contributed by atoms with Crippen LogP contribution in [0, 0.1) is 5.41 Å². The predicted octanol–water partition coefficient (Wildman–Crippen LogP) is 1.33. The number of hydrogen-bond donors (Lipinski definition) is 1. The van der Waals surface area contributed by atoms with E-state index in [0.717, 1.165) is 0 Å². The Morgan fingerprint density at radius 1 is 1.40 bits per heavy atom. The van der Waals surface area contributed by atoms with Gasteiger partial charge in [0.25, 0.3) is 0 Å². The summed E-state index contributed by atoms with van der Waals surface area (Å²) in [4.78, 5) is 23.9. The fraction of sp³-hybridized carbons (Fsp3) is 0.800. The maximum absolute atomic E-state index is 11.2. The van der Waals surface area contributed by atoms with Crippen molar-refractivity contribution < 1.29 is 19.4 Å². The smallest absolute Gasteiger partial charge is 0.409 e. The Hall–Kier alpha value is -1.26. The predicted molar refractivity (Wildman–Crippen MR) is 53.6 cm³/mol. The topological polar surface area (TPSA) is 66.8 Å². The minimum Gasteiger partial charge on any atom is -0.481 e. The molecule has 0 aromatic heterocycles. The van der Waals surface area contributed by atoms with E-state index in [1.165, 1.54) is 7.11 Å². The van der Waals surface area contributed by atoms with Gasteiger partial charge in [-0.3, -0.25) is 4.79 Å². The van der Waals surface area contributed by atoms with Gasteiger partial charge in [0.05, 0.1) is 12.5 Å². The molecular weight excluding hydrogens is 198 g/mol. The van der Waals surface area contributed by atoms with E-state index in [1.54, 1.807) is 4.90 Å². The number of carboxylic acid groups (broad SMARTS) is 1. The molecule has 1 heterocycles. The molecule has 1 fully saturated rings. The molecule has 1 aliphatic rings. The monoisotopic (exact) mass is 215 g/mol. The van der Waals surface area contributed by atoms with Crippen LogP contribution in [-0.2, 0) is 9.53 Å². The molecule has 0 aromatic rings. The SMILES string of the molecule is CCC1(C(=O)O)CCN(C(=O)OC)CC1. The Kier molecular flexibility index (Phi) is 3.55. The van der Waals surface area contributed by atoms with Crippen LogP contribution >= 0.6 is 0 Å². The van der Waals surface area contributed by atoms with Crippen molar-refractivity contribution in [1.29, 1.82) is 0 Å². The van der Waals surface area contributed by atoms with Crippen LogP contribution in [-0.4, -0.2) is 42.3 Å². The van der Waals surface area contributed by atoms with Gasteiger partial charge < -0.3 is 14.7 Å². The van der Waals surface area contributed by atoms with Crippen molar-refractivity contribution in [2.24, 2.45) is 5.41 Å². The summed E-state index contributed by atoms with van der Waals surface area (Å²) in [6, 6.07) is 0. The number of piperidine rings is 1. The van der Waals surface area contributed by atoms with Gasteiger partial charge in [0.1, 0.15) is 0 Å². The van der Waals surface area contributed by atoms with Crippen molar-refractivity contribution in [3.05, 3.63) is 0 Å². The van der Waals surface area contributed by atoms with Crippen molar-refractivity contribution in [2.75, 3.05) is 20.2 Å². The molecule has 1 amide bonds. The van der Waals surface area contributed by atoms with E-state index < -0.39 is 11.4 Å². The zero-order chi connectivity index (χ0) is 11.5. The third kappa shape index (κ3) is 2.22. The minimum absolute atomic E-state index is 0.370. The number of methoxy groups -OCH3 is 1. The Bertz CT molecular complexity index is 256. The van der Waals surface area contributed by atoms with Gasteiger partial charge in [0.15, 0.2) is 0 Å². The first-order valence-corrected chi connectivity index (χ1v) is 5.12. The molecule has 5 heteroatoms. The van der Waals surface area contributed by atoms with Gasteiger partial charge in [-0.15, -0.1) is 0 Å². The highest BCUT2D eigenvalue weighted by Gasteiger charge is 2.40. The normalized spacial score (nSPS) is 19.7. The lowest BCUT2D eigenvalue weighted by Gasteiger charge is -2.37. The number of hydrogen-bond acceptors (Lipinski definition) is 3. The quantitative estimate of drug-likeness (QED) is 0.754. The molecule has 0 unspecified atom stereocenters. The molecule has 1 saturated heterocycles. The van der Waals surface area contributed by atoms with Crippen LogP contribution in [0.5, 0.6) is 0 Å². The van der Waals surface area contributed by atoms with Gasteiger partial charge in [0, 0.05) is 13.1 Å². The average molecular weight is 215 g/mol. The van der Waals surface area contributed by atoms with Crippen LogP contribution in [0.25, 0.3) is 0 Å². The third-order valence-corrected chi connectivity index (χ3v) is 3.28. The molecule has 1 aliphatic heterocycles. The Morgan fingerprint density at radius 2 is 1.93 bits per heavy atom. The summed E-state index contributed by atoms with van der Waals surface area (Å²) in [7, 11) is 1.33. The highest BCUT2D eigenvalue weighted by molar-refractivity contribution is 5.75. The van der Waals surface area contributed by atoms with Crippen LogP contribution < -0.4 is 0 Å². The number of likely N-dealkylation sites (tertiary alicyclic amines) is 1. The summed E-state index contributed by atoms with van der Waals surface area (Å²) < 4.78 is 4.59. The van der Waals surface area contributed by atoms with Gasteiger partial charge in [-0.05, 0) is 19.3 Å². The first-order valence-electron chi connectivity index (χ1n) is 5.12. The number of rotatable bonds is 2. The second kappa shape index (κ2) is 4.51. The lowest BCUT2D eigenvalue weighted by Crippen LogP contribution is -2.46. The summed E-state index contributed by atoms with van der Waals surface area (Å²) in [6.07, 6.45) is 1.25. The van der Waals surface area contributed by atoms with Gasteiger partial charge in [0.2, 0.25) is 0 Å². The molecular formula is C10H17NO4. The van der Waals surface area contributed by atoms with Gasteiger partial charge in [-0.2, -0.15) is 0 Å². The van der Waals surface area contributed by atoms with Crippen molar-refractivity contribution in [2.45, 2.75) is 26.2 Å². The van der Waals surface area contributed by atoms with E-state index in [1.807, 2.05) is 6.92 Å². The molecule has 15 heavy (non-hydrogen) atoms. The van der Waals surface area contributed by atoms with Crippen molar-refractivity contribution in [3.8, 4) is 0 Å². The van der Waals surface area contributed by atoms with Crippen LogP contribution in [0.15, 0.2) is 0 Å². The average Bonchev–Trinajstić information content (AvgIpc) is 2.28. The fourth-order valence-electron chi connectivity index (χ4n) is 1.97. The number of carboxylic acids is 1. The Morgan fingerprint density at radius 3 is 2.27 bits per heavy atom. The van der Waals surface area contributed by atoms with Crippen molar-refractivity contribution in [3.63, 3.8) is 0 Å². The van der Waals surface area contributed by atoms with Crippen LogP contribution in [0.2, 0.25) is 0 Å². The first-order chi connectivity index (χ1) is 7.05. The summed E-state index contributed by atoms with van der Waals surface area (Å²) in [5.74, 6) is -0.755. The van der Waals surface area contributed by atoms with Crippen LogP contribution in [0.4, 0.5) is 4.79 Å². The Balaban J connectivity index is 2.61. The largest absolute Gasteiger partial charge is 0.481 e. The zero-order valence-electron chi connectivity index (χ0n) is 9.15. The number of nitrogens with zero attached hydrogens (tertiary/aromatic N) is 1. The van der Waals surface area contributed by atoms with Crippen molar-refractivity contribution in [1.82, 2.24) is 4.90 Å². The summed E-state index contributed by atoms with van der Waals surface area (Å²) in [5, 5.41) is 9.14. The van der Waals surface area contributed by atoms with E-state index in [-0.39, 0.29) is 6.09 Å². The maximum Gasteiger partial charge on any atom is 0.409 e. The standard InChI is InChI=1S/C10H17NO4/c1-3-10(8(12)13)4-6-11(7-5-10)9(14)15-2/h3-7H2,1-2H3,(H,12,13). The third-order valence-electron chi connectivity index (χ3n) is 3.28. The lowest BCUT2D eigenvalue weighted by atomic mass is 9.76. The molecule has 1 N–H and O–H groups in total. The lowest BCUT2D eigenvalue weighted by molar-refractivity contribution is -0.152. The van der Waals surface area contributed by atoms with E-state index in [2.05, 4.69) is 4.74 Å². The Labute approximate surface area is 89.0 Å². The summed E-state index contributed by atoms with van der Waals surface area (Å²) in [6.45, 7) is 2.81. The molecule has 5 nitrogen and oxygen atoms in total. The van der Waals surface area contributed by atoms with Gasteiger partial charge in [-0.1, -0.05) is 6.92 Å². The zero-order valence-corrected chi connectivity index (χ0v) is 9.15. The molecule has 1 rings (SSSR count). The van der Waals surface area contributed by atoms with E-state index >= 15 is 0 Å². The molecule has 0 aromatic carbocycles. The van der Waals surface area contributed by atoms with Crippen LogP contribution in [0.3, 0.4) is 0 Å². The first kappa shape index (κ1) is 11.8. The van der Waals surface area contributed by atoms with E-state index in [0.29, 0.717) is 32.4 Å². The molecule has 0 bridgehead atoms. The molecule has 0 aliphatic carbocycles. The van der Waals surface area contributed by atoms with E-state index in [4.69, 9.17) is 5.11 Å². The second-order valence-corrected chi connectivity index (χ2v) is 3.90. The van der Waals surface area contributed by atoms with Crippen molar-refractivity contribution >= 4 is 12.1 Å². The summed E-state index contributed by atoms with van der Waals surface area (Å²) in [5.41, 5.74) is -0.648. The second-order valence-electron chi connectivity index (χ2n) is 3.90. The highest BCUT2D eigenvalue weighted by Crippen LogP contribution is 2.35. The van der Waals surface area contributed by atoms with Gasteiger partial charge in [-0.25, -0.2) is 4.79 Å². The molecule has 0 atom stereocenters. The number of carbonyl (C=O) groups excluding carboxylic acids is 1. The number of amides is 1.